The third kappa shape index (κ3) is 3.98. The molecule has 1 fully saturated rings. The minimum Gasteiger partial charge on any atom is -0.431 e. The zero-order valence-electron chi connectivity index (χ0n) is 14.5. The van der Waals surface area contributed by atoms with Crippen LogP contribution < -0.4 is 5.73 Å². The van der Waals surface area contributed by atoms with Crippen LogP contribution >= 0.6 is 11.8 Å². The average molecular weight is 361 g/mol. The number of amides is 2. The summed E-state index contributed by atoms with van der Waals surface area (Å²) in [5.41, 5.74) is 6.89. The first-order valence-electron chi connectivity index (χ1n) is 8.56. The molecule has 1 saturated heterocycles. The lowest BCUT2D eigenvalue weighted by Gasteiger charge is -2.33. The maximum atomic E-state index is 13.0. The largest absolute Gasteiger partial charge is 0.431 e. The van der Waals surface area contributed by atoms with Crippen molar-refractivity contribution in [1.29, 1.82) is 0 Å². The summed E-state index contributed by atoms with van der Waals surface area (Å²) in [5, 5.41) is 0.249. The van der Waals surface area contributed by atoms with E-state index < -0.39 is 0 Å². The van der Waals surface area contributed by atoms with Crippen LogP contribution in [0.3, 0.4) is 0 Å². The number of primary amides is 1. The summed E-state index contributed by atoms with van der Waals surface area (Å²) in [6.45, 7) is 5.19. The van der Waals surface area contributed by atoms with Crippen molar-refractivity contribution in [3.8, 4) is 0 Å². The molecule has 2 aromatic rings. The Kier molecular flexibility index (Phi) is 5.32. The van der Waals surface area contributed by atoms with Gasteiger partial charge in [-0.05, 0) is 30.9 Å². The number of likely N-dealkylation sites (tertiary alicyclic amines) is 1. The zero-order valence-corrected chi connectivity index (χ0v) is 15.3. The third-order valence-corrected chi connectivity index (χ3v) is 5.94. The Hall–Kier alpha value is -2.02. The van der Waals surface area contributed by atoms with E-state index in [9.17, 15) is 9.59 Å². The highest BCUT2D eigenvalue weighted by Gasteiger charge is 2.33. The van der Waals surface area contributed by atoms with Crippen LogP contribution in [0.5, 0.6) is 0 Å². The Labute approximate surface area is 151 Å². The van der Waals surface area contributed by atoms with Crippen molar-refractivity contribution in [2.75, 3.05) is 13.1 Å². The summed E-state index contributed by atoms with van der Waals surface area (Å²) >= 11 is 1.37. The predicted molar refractivity (Wildman–Crippen MR) is 97.0 cm³/mol. The van der Waals surface area contributed by atoms with E-state index in [1.807, 2.05) is 43.0 Å². The number of thioether (sulfide) groups is 1. The van der Waals surface area contributed by atoms with Crippen molar-refractivity contribution in [2.45, 2.75) is 37.2 Å². The molecule has 2 heterocycles. The molecular formula is C18H23N3O3S. The maximum absolute atomic E-state index is 13.0. The molecule has 25 heavy (non-hydrogen) atoms. The summed E-state index contributed by atoms with van der Waals surface area (Å²) in [6, 6.07) is 7.57. The number of hydrogen-bond donors (Lipinski definition) is 1. The quantitative estimate of drug-likeness (QED) is 0.827. The Morgan fingerprint density at radius 2 is 1.96 bits per heavy atom. The van der Waals surface area contributed by atoms with Crippen molar-refractivity contribution in [3.63, 3.8) is 0 Å². The van der Waals surface area contributed by atoms with E-state index in [1.165, 1.54) is 11.8 Å². The normalized spacial score (nSPS) is 17.2. The van der Waals surface area contributed by atoms with Gasteiger partial charge in [0.2, 0.25) is 11.8 Å². The smallest absolute Gasteiger partial charge is 0.257 e. The molecule has 1 unspecified atom stereocenters. The van der Waals surface area contributed by atoms with Gasteiger partial charge >= 0.3 is 0 Å². The molecule has 1 atom stereocenters. The number of hydrogen-bond acceptors (Lipinski definition) is 5. The van der Waals surface area contributed by atoms with Crippen LogP contribution in [-0.4, -0.2) is 40.0 Å². The highest BCUT2D eigenvalue weighted by Crippen LogP contribution is 2.32. The molecule has 0 aliphatic carbocycles. The molecule has 2 N–H and O–H groups in total. The number of benzene rings is 1. The second-order valence-electron chi connectivity index (χ2n) is 6.73. The average Bonchev–Trinajstić information content (AvgIpc) is 3.01. The molecule has 0 spiro atoms. The van der Waals surface area contributed by atoms with Crippen LogP contribution in [-0.2, 0) is 9.59 Å². The van der Waals surface area contributed by atoms with E-state index in [-0.39, 0.29) is 28.9 Å². The van der Waals surface area contributed by atoms with Gasteiger partial charge in [0.1, 0.15) is 5.52 Å². The second kappa shape index (κ2) is 7.47. The first kappa shape index (κ1) is 17.8. The molecule has 0 radical (unpaired) electrons. The van der Waals surface area contributed by atoms with Gasteiger partial charge in [0, 0.05) is 19.0 Å². The van der Waals surface area contributed by atoms with Crippen molar-refractivity contribution in [3.05, 3.63) is 24.3 Å². The van der Waals surface area contributed by atoms with Gasteiger partial charge in [0.25, 0.3) is 5.22 Å². The standard InChI is InChI=1S/C18H23N3O3S/c1-11(2)15(17(23)21-9-7-12(8-10-21)16(19)22)25-18-20-13-5-3-4-6-14(13)24-18/h3-6,11-12,15H,7-10H2,1-2H3,(H2,19,22). The predicted octanol–water partition coefficient (Wildman–Crippen LogP) is 2.67. The molecule has 2 amide bonds. The lowest BCUT2D eigenvalue weighted by molar-refractivity contribution is -0.135. The third-order valence-electron chi connectivity index (χ3n) is 4.56. The monoisotopic (exact) mass is 361 g/mol. The first-order chi connectivity index (χ1) is 12.0. The van der Waals surface area contributed by atoms with Gasteiger partial charge < -0.3 is 15.1 Å². The Morgan fingerprint density at radius 1 is 1.28 bits per heavy atom. The van der Waals surface area contributed by atoms with Gasteiger partial charge in [-0.1, -0.05) is 37.7 Å². The number of para-hydroxylation sites is 2. The number of nitrogens with two attached hydrogens (primary N) is 1. The van der Waals surface area contributed by atoms with Gasteiger partial charge in [-0.2, -0.15) is 0 Å². The zero-order chi connectivity index (χ0) is 18.0. The molecule has 6 nitrogen and oxygen atoms in total. The van der Waals surface area contributed by atoms with E-state index in [0.717, 1.165) is 11.1 Å². The van der Waals surface area contributed by atoms with Gasteiger partial charge in [-0.15, -0.1) is 0 Å². The van der Waals surface area contributed by atoms with Crippen molar-refractivity contribution < 1.29 is 14.0 Å². The Balaban J connectivity index is 1.70. The summed E-state index contributed by atoms with van der Waals surface area (Å²) in [5.74, 6) is -0.175. The van der Waals surface area contributed by atoms with Crippen LogP contribution in [0.1, 0.15) is 26.7 Å². The molecule has 1 aromatic carbocycles. The summed E-state index contributed by atoms with van der Waals surface area (Å²) in [7, 11) is 0. The first-order valence-corrected chi connectivity index (χ1v) is 9.44. The number of nitrogens with zero attached hydrogens (tertiary/aromatic N) is 2. The molecule has 3 rings (SSSR count). The number of carbonyl (C=O) groups excluding carboxylic acids is 2. The number of aromatic nitrogens is 1. The Bertz CT molecular complexity index is 733. The van der Waals surface area contributed by atoms with E-state index >= 15 is 0 Å². The van der Waals surface area contributed by atoms with E-state index in [4.69, 9.17) is 10.2 Å². The fourth-order valence-electron chi connectivity index (χ4n) is 3.05. The molecule has 0 saturated carbocycles. The van der Waals surface area contributed by atoms with Crippen LogP contribution in [0.15, 0.2) is 33.9 Å². The number of fused-ring (bicyclic) bond motifs is 1. The van der Waals surface area contributed by atoms with Crippen molar-refractivity contribution in [2.24, 2.45) is 17.6 Å². The summed E-state index contributed by atoms with van der Waals surface area (Å²) < 4.78 is 5.75. The topological polar surface area (TPSA) is 89.4 Å². The van der Waals surface area contributed by atoms with E-state index in [0.29, 0.717) is 31.2 Å². The summed E-state index contributed by atoms with van der Waals surface area (Å²) in [6.07, 6.45) is 1.28. The van der Waals surface area contributed by atoms with Crippen LogP contribution in [0.4, 0.5) is 0 Å². The molecule has 0 bridgehead atoms. The lowest BCUT2D eigenvalue weighted by atomic mass is 9.95. The lowest BCUT2D eigenvalue weighted by Crippen LogP contribution is -2.46. The number of oxazole rings is 1. The maximum Gasteiger partial charge on any atom is 0.257 e. The summed E-state index contributed by atoms with van der Waals surface area (Å²) in [4.78, 5) is 30.5. The Morgan fingerprint density at radius 3 is 2.56 bits per heavy atom. The fourth-order valence-corrected chi connectivity index (χ4v) is 4.07. The van der Waals surface area contributed by atoms with Gasteiger partial charge in [-0.3, -0.25) is 9.59 Å². The molecule has 1 aromatic heterocycles. The molecular weight excluding hydrogens is 338 g/mol. The van der Waals surface area contributed by atoms with Crippen LogP contribution in [0, 0.1) is 11.8 Å². The number of rotatable bonds is 5. The van der Waals surface area contributed by atoms with E-state index in [1.54, 1.807) is 0 Å². The van der Waals surface area contributed by atoms with Gasteiger partial charge in [0.15, 0.2) is 5.58 Å². The SMILES string of the molecule is CC(C)C(Sc1nc2ccccc2o1)C(=O)N1CCC(C(N)=O)CC1. The van der Waals surface area contributed by atoms with Crippen LogP contribution in [0.25, 0.3) is 11.1 Å². The van der Waals surface area contributed by atoms with E-state index in [2.05, 4.69) is 4.98 Å². The second-order valence-corrected chi connectivity index (χ2v) is 7.82. The molecule has 134 valence electrons. The van der Waals surface area contributed by atoms with Gasteiger partial charge in [-0.25, -0.2) is 4.98 Å². The highest BCUT2D eigenvalue weighted by molar-refractivity contribution is 8.00. The molecule has 1 aliphatic heterocycles. The minimum atomic E-state index is -0.270. The fraction of sp³-hybridized carbons (Fsp3) is 0.500. The molecule has 1 aliphatic rings. The number of piperidine rings is 1. The van der Waals surface area contributed by atoms with Crippen LogP contribution in [0.2, 0.25) is 0 Å². The number of carbonyl (C=O) groups is 2. The van der Waals surface area contributed by atoms with Crippen molar-refractivity contribution >= 4 is 34.7 Å². The van der Waals surface area contributed by atoms with Crippen molar-refractivity contribution in [1.82, 2.24) is 9.88 Å². The molecule has 7 heteroatoms. The van der Waals surface area contributed by atoms with Gasteiger partial charge in [0.05, 0.1) is 5.25 Å². The highest BCUT2D eigenvalue weighted by atomic mass is 32.2. The minimum absolute atomic E-state index is 0.0742.